The zero-order chi connectivity index (χ0) is 20.9. The maximum atomic E-state index is 12.6. The van der Waals surface area contributed by atoms with Crippen molar-refractivity contribution in [2.45, 2.75) is 6.18 Å². The minimum atomic E-state index is -4.46. The number of nitrogens with zero attached hydrogens (tertiary/aromatic N) is 1. The number of esters is 1. The highest BCUT2D eigenvalue weighted by Gasteiger charge is 2.30. The first-order valence-corrected chi connectivity index (χ1v) is 8.53. The third-order valence-electron chi connectivity index (χ3n) is 4.05. The summed E-state index contributed by atoms with van der Waals surface area (Å²) in [5.74, 6) is -0.519. The monoisotopic (exact) mass is 393 g/mol. The van der Waals surface area contributed by atoms with Gasteiger partial charge in [0.2, 0.25) is 0 Å². The summed E-state index contributed by atoms with van der Waals surface area (Å²) in [7, 11) is 0. The first-order chi connectivity index (χ1) is 13.9. The number of carbonyl (C=O) groups is 1. The molecule has 0 bridgehead atoms. The van der Waals surface area contributed by atoms with Crippen LogP contribution in [0.25, 0.3) is 11.6 Å². The van der Waals surface area contributed by atoms with Gasteiger partial charge in [-0.15, -0.1) is 0 Å². The topological polar surface area (TPSA) is 50.1 Å². The zero-order valence-electron chi connectivity index (χ0n) is 15.0. The van der Waals surface area contributed by atoms with E-state index in [0.29, 0.717) is 5.57 Å². The van der Waals surface area contributed by atoms with Crippen molar-refractivity contribution in [2.75, 3.05) is 0 Å². The molecule has 0 aromatic heterocycles. The molecule has 3 aromatic rings. The highest BCUT2D eigenvalue weighted by atomic mass is 19.4. The lowest BCUT2D eigenvalue weighted by Gasteiger charge is -2.08. The van der Waals surface area contributed by atoms with Crippen LogP contribution in [0.4, 0.5) is 13.2 Å². The van der Waals surface area contributed by atoms with Gasteiger partial charge >= 0.3 is 12.1 Å². The molecule has 0 unspecified atom stereocenters. The highest BCUT2D eigenvalue weighted by Crippen LogP contribution is 2.29. The van der Waals surface area contributed by atoms with Crippen LogP contribution in [0.3, 0.4) is 0 Å². The van der Waals surface area contributed by atoms with Crippen LogP contribution in [0.15, 0.2) is 78.9 Å². The zero-order valence-corrected chi connectivity index (χ0v) is 15.0. The second-order valence-corrected chi connectivity index (χ2v) is 6.07. The van der Waals surface area contributed by atoms with Crippen LogP contribution >= 0.6 is 0 Å². The largest absolute Gasteiger partial charge is 0.423 e. The van der Waals surface area contributed by atoms with Crippen LogP contribution in [-0.4, -0.2) is 5.97 Å². The Labute approximate surface area is 165 Å². The smallest absolute Gasteiger partial charge is 0.416 e. The minimum Gasteiger partial charge on any atom is -0.423 e. The summed E-state index contributed by atoms with van der Waals surface area (Å²) in [4.78, 5) is 12.1. The van der Waals surface area contributed by atoms with Gasteiger partial charge in [-0.25, -0.2) is 4.79 Å². The molecule has 29 heavy (non-hydrogen) atoms. The fraction of sp³-hybridized carbons (Fsp3) is 0.0435. The van der Waals surface area contributed by atoms with Crippen molar-refractivity contribution >= 4 is 17.6 Å². The van der Waals surface area contributed by atoms with E-state index in [0.717, 1.165) is 35.4 Å². The van der Waals surface area contributed by atoms with Crippen molar-refractivity contribution in [1.29, 1.82) is 5.26 Å². The number of hydrogen-bond acceptors (Lipinski definition) is 3. The number of ether oxygens (including phenoxy) is 1. The van der Waals surface area contributed by atoms with Gasteiger partial charge in [-0.2, -0.15) is 18.4 Å². The van der Waals surface area contributed by atoms with Crippen molar-refractivity contribution in [3.8, 4) is 11.8 Å². The SMILES string of the molecule is N#C/C(=C/c1ccc(OC(=O)c2ccc(C(F)(F)F)cc2)cc1)c1ccccc1. The Bertz CT molecular complexity index is 1060. The van der Waals surface area contributed by atoms with Gasteiger partial charge in [0.25, 0.3) is 0 Å². The first-order valence-electron chi connectivity index (χ1n) is 8.53. The number of alkyl halides is 3. The van der Waals surface area contributed by atoms with Gasteiger partial charge in [-0.3, -0.25) is 0 Å². The Kier molecular flexibility index (Phi) is 5.79. The molecule has 3 rings (SSSR count). The molecule has 0 aliphatic heterocycles. The van der Waals surface area contributed by atoms with E-state index >= 15 is 0 Å². The molecule has 0 fully saturated rings. The molecule has 0 radical (unpaired) electrons. The molecule has 0 aliphatic rings. The van der Waals surface area contributed by atoms with Crippen LogP contribution in [-0.2, 0) is 6.18 Å². The highest BCUT2D eigenvalue weighted by molar-refractivity contribution is 5.91. The Morgan fingerprint density at radius 3 is 2.03 bits per heavy atom. The molecule has 144 valence electrons. The van der Waals surface area contributed by atoms with Gasteiger partial charge in [0.05, 0.1) is 22.8 Å². The summed E-state index contributed by atoms with van der Waals surface area (Å²) in [5.41, 5.74) is 1.18. The molecular formula is C23H14F3NO2. The molecule has 0 saturated carbocycles. The maximum Gasteiger partial charge on any atom is 0.416 e. The van der Waals surface area contributed by atoms with Crippen LogP contribution in [0.1, 0.15) is 27.0 Å². The van der Waals surface area contributed by atoms with E-state index in [1.165, 1.54) is 0 Å². The summed E-state index contributed by atoms with van der Waals surface area (Å²) in [6.45, 7) is 0. The van der Waals surface area contributed by atoms with Gasteiger partial charge in [0.1, 0.15) is 5.75 Å². The number of nitriles is 1. The van der Waals surface area contributed by atoms with E-state index in [-0.39, 0.29) is 11.3 Å². The van der Waals surface area contributed by atoms with E-state index in [1.807, 2.05) is 30.3 Å². The third-order valence-corrected chi connectivity index (χ3v) is 4.05. The molecule has 6 heteroatoms. The summed E-state index contributed by atoms with van der Waals surface area (Å²) in [6.07, 6.45) is -2.76. The molecule has 3 nitrogen and oxygen atoms in total. The van der Waals surface area contributed by atoms with Crippen LogP contribution < -0.4 is 4.74 Å². The fourth-order valence-electron chi connectivity index (χ4n) is 2.56. The van der Waals surface area contributed by atoms with Gasteiger partial charge < -0.3 is 4.74 Å². The minimum absolute atomic E-state index is 0.0119. The Balaban J connectivity index is 1.71. The Morgan fingerprint density at radius 2 is 1.48 bits per heavy atom. The lowest BCUT2D eigenvalue weighted by molar-refractivity contribution is -0.137. The molecular weight excluding hydrogens is 379 g/mol. The quantitative estimate of drug-likeness (QED) is 0.237. The summed E-state index contributed by atoms with van der Waals surface area (Å²) in [6, 6.07) is 21.6. The third kappa shape index (κ3) is 5.11. The normalized spacial score (nSPS) is 11.6. The second kappa shape index (κ2) is 8.44. The number of benzene rings is 3. The first kappa shape index (κ1) is 19.9. The molecule has 0 atom stereocenters. The molecule has 3 aromatic carbocycles. The van der Waals surface area contributed by atoms with E-state index < -0.39 is 17.7 Å². The number of carbonyl (C=O) groups excluding carboxylic acids is 1. The number of halogens is 3. The van der Waals surface area contributed by atoms with Crippen molar-refractivity contribution in [2.24, 2.45) is 0 Å². The number of rotatable bonds is 4. The van der Waals surface area contributed by atoms with Crippen molar-refractivity contribution < 1.29 is 22.7 Å². The predicted octanol–water partition coefficient (Wildman–Crippen LogP) is 5.99. The summed E-state index contributed by atoms with van der Waals surface area (Å²) >= 11 is 0. The van der Waals surface area contributed by atoms with Gasteiger partial charge in [-0.1, -0.05) is 42.5 Å². The van der Waals surface area contributed by atoms with E-state index in [1.54, 1.807) is 30.3 Å². The van der Waals surface area contributed by atoms with E-state index in [4.69, 9.17) is 4.74 Å². The number of hydrogen-bond donors (Lipinski definition) is 0. The van der Waals surface area contributed by atoms with Crippen molar-refractivity contribution in [1.82, 2.24) is 0 Å². The Morgan fingerprint density at radius 1 is 0.862 bits per heavy atom. The average Bonchev–Trinajstić information content (AvgIpc) is 2.73. The lowest BCUT2D eigenvalue weighted by Crippen LogP contribution is -2.10. The molecule has 0 aliphatic carbocycles. The van der Waals surface area contributed by atoms with Crippen molar-refractivity contribution in [3.05, 3.63) is 101 Å². The van der Waals surface area contributed by atoms with Crippen LogP contribution in [0.5, 0.6) is 5.75 Å². The molecule has 0 amide bonds. The van der Waals surface area contributed by atoms with Gasteiger partial charge in [0, 0.05) is 0 Å². The van der Waals surface area contributed by atoms with Crippen LogP contribution in [0.2, 0.25) is 0 Å². The standard InChI is InChI=1S/C23H14F3NO2/c24-23(25,26)20-10-8-18(9-11-20)22(28)29-21-12-6-16(7-13-21)14-19(15-27)17-4-2-1-3-5-17/h1-14H/b19-14-. The molecule has 0 N–H and O–H groups in total. The van der Waals surface area contributed by atoms with E-state index in [9.17, 15) is 23.2 Å². The average molecular weight is 393 g/mol. The molecule has 0 spiro atoms. The lowest BCUT2D eigenvalue weighted by atomic mass is 10.0. The van der Waals surface area contributed by atoms with Gasteiger partial charge in [-0.05, 0) is 53.6 Å². The predicted molar refractivity (Wildman–Crippen MR) is 103 cm³/mol. The second-order valence-electron chi connectivity index (χ2n) is 6.07. The summed E-state index contributed by atoms with van der Waals surface area (Å²) < 4.78 is 43.0. The molecule has 0 heterocycles. The maximum absolute atomic E-state index is 12.6. The van der Waals surface area contributed by atoms with Crippen LogP contribution in [0, 0.1) is 11.3 Å². The molecule has 0 saturated heterocycles. The Hall–Kier alpha value is -3.85. The number of allylic oxidation sites excluding steroid dienone is 1. The fourth-order valence-corrected chi connectivity index (χ4v) is 2.56. The summed E-state index contributed by atoms with van der Waals surface area (Å²) in [5, 5.41) is 9.35. The van der Waals surface area contributed by atoms with Gasteiger partial charge in [0.15, 0.2) is 0 Å². The van der Waals surface area contributed by atoms with E-state index in [2.05, 4.69) is 6.07 Å². The van der Waals surface area contributed by atoms with Crippen molar-refractivity contribution in [3.63, 3.8) is 0 Å².